The Morgan fingerprint density at radius 3 is 2.45 bits per heavy atom. The lowest BCUT2D eigenvalue weighted by Gasteiger charge is -2.32. The molecular formula is C27H29N7O4. The summed E-state index contributed by atoms with van der Waals surface area (Å²) in [7, 11) is 1.55. The fourth-order valence-electron chi connectivity index (χ4n) is 4.30. The second-order valence-corrected chi connectivity index (χ2v) is 9.75. The van der Waals surface area contributed by atoms with Gasteiger partial charge in [0.2, 0.25) is 11.8 Å². The van der Waals surface area contributed by atoms with E-state index < -0.39 is 5.60 Å². The third-order valence-electron chi connectivity index (χ3n) is 6.21. The van der Waals surface area contributed by atoms with E-state index in [9.17, 15) is 10.4 Å². The molecule has 1 fully saturated rings. The van der Waals surface area contributed by atoms with Crippen molar-refractivity contribution in [3.8, 4) is 34.8 Å². The molecule has 11 heteroatoms. The Kier molecular flexibility index (Phi) is 6.98. The normalized spacial score (nSPS) is 14.3. The van der Waals surface area contributed by atoms with Gasteiger partial charge in [0.25, 0.3) is 0 Å². The molecule has 1 aliphatic heterocycles. The number of aromatic nitrogens is 5. The molecule has 0 saturated carbocycles. The van der Waals surface area contributed by atoms with Crippen LogP contribution in [0.3, 0.4) is 0 Å². The first-order valence-electron chi connectivity index (χ1n) is 12.4. The number of methoxy groups -OCH3 is 1. The highest BCUT2D eigenvalue weighted by molar-refractivity contribution is 5.68. The molecule has 5 heterocycles. The zero-order chi connectivity index (χ0) is 26.7. The maximum Gasteiger partial charge on any atom is 0.233 e. The number of piperidine rings is 1. The molecule has 1 saturated heterocycles. The van der Waals surface area contributed by atoms with Gasteiger partial charge in [0, 0.05) is 62.0 Å². The predicted octanol–water partition coefficient (Wildman–Crippen LogP) is 3.26. The molecule has 0 atom stereocenters. The maximum atomic E-state index is 10.1. The summed E-state index contributed by atoms with van der Waals surface area (Å²) in [5.74, 6) is 2.36. The van der Waals surface area contributed by atoms with E-state index in [1.165, 1.54) is 6.20 Å². The minimum Gasteiger partial charge on any atom is -0.490 e. The first kappa shape index (κ1) is 25.2. The van der Waals surface area contributed by atoms with Crippen LogP contribution in [-0.2, 0) is 0 Å². The zero-order valence-corrected chi connectivity index (χ0v) is 21.5. The van der Waals surface area contributed by atoms with Crippen molar-refractivity contribution in [3.63, 3.8) is 0 Å². The summed E-state index contributed by atoms with van der Waals surface area (Å²) >= 11 is 0. The Labute approximate surface area is 220 Å². The largest absolute Gasteiger partial charge is 0.490 e. The molecule has 38 heavy (non-hydrogen) atoms. The van der Waals surface area contributed by atoms with Crippen molar-refractivity contribution in [1.82, 2.24) is 24.6 Å². The van der Waals surface area contributed by atoms with Gasteiger partial charge in [-0.05, 0) is 26.0 Å². The lowest BCUT2D eigenvalue weighted by Crippen LogP contribution is -2.38. The number of pyridine rings is 2. The average Bonchev–Trinajstić information content (AvgIpc) is 3.35. The topological polar surface area (TPSA) is 131 Å². The smallest absolute Gasteiger partial charge is 0.233 e. The molecule has 1 aliphatic rings. The van der Waals surface area contributed by atoms with E-state index >= 15 is 0 Å². The summed E-state index contributed by atoms with van der Waals surface area (Å²) in [6, 6.07) is 13.2. The standard InChI is InChI=1S/C27H29N7O4/c1-27(2,35)17-37-21-12-22(34-19(14-28)16-30-24(34)13-21)18-4-5-23(29-15-18)33-10-8-20(9-11-33)38-26-7-6-25(36-3)31-32-26/h4-7,12-13,15-16,20,35H,8-11,17H2,1-3H3. The third kappa shape index (κ3) is 5.60. The van der Waals surface area contributed by atoms with E-state index in [0.29, 0.717) is 28.9 Å². The van der Waals surface area contributed by atoms with Gasteiger partial charge >= 0.3 is 0 Å². The molecule has 0 aromatic carbocycles. The van der Waals surface area contributed by atoms with Crippen molar-refractivity contribution in [2.75, 3.05) is 31.7 Å². The minimum absolute atomic E-state index is 0.0544. The Hall–Kier alpha value is -4.43. The number of fused-ring (bicyclic) bond motifs is 1. The van der Waals surface area contributed by atoms with Crippen molar-refractivity contribution < 1.29 is 19.3 Å². The summed E-state index contributed by atoms with van der Waals surface area (Å²) in [5.41, 5.74) is 1.56. The summed E-state index contributed by atoms with van der Waals surface area (Å²) in [5, 5.41) is 27.7. The highest BCUT2D eigenvalue weighted by Crippen LogP contribution is 2.29. The summed E-state index contributed by atoms with van der Waals surface area (Å²) in [6.45, 7) is 5.08. The van der Waals surface area contributed by atoms with E-state index in [2.05, 4.69) is 26.2 Å². The highest BCUT2D eigenvalue weighted by atomic mass is 16.5. The summed E-state index contributed by atoms with van der Waals surface area (Å²) in [6.07, 6.45) is 5.04. The number of anilines is 1. The van der Waals surface area contributed by atoms with Gasteiger partial charge in [-0.1, -0.05) is 0 Å². The number of hydrogen-bond donors (Lipinski definition) is 1. The van der Waals surface area contributed by atoms with Gasteiger partial charge in [-0.3, -0.25) is 4.40 Å². The molecule has 4 aromatic rings. The number of ether oxygens (including phenoxy) is 3. The van der Waals surface area contributed by atoms with Gasteiger partial charge < -0.3 is 24.2 Å². The molecule has 5 rings (SSSR count). The molecule has 1 N–H and O–H groups in total. The molecule has 4 aromatic heterocycles. The van der Waals surface area contributed by atoms with Gasteiger partial charge in [0.15, 0.2) is 0 Å². The van der Waals surface area contributed by atoms with E-state index in [0.717, 1.165) is 43.0 Å². The van der Waals surface area contributed by atoms with Crippen LogP contribution in [0, 0.1) is 11.3 Å². The highest BCUT2D eigenvalue weighted by Gasteiger charge is 2.23. The van der Waals surface area contributed by atoms with Crippen LogP contribution < -0.4 is 19.1 Å². The molecule has 11 nitrogen and oxygen atoms in total. The second-order valence-electron chi connectivity index (χ2n) is 9.75. The number of rotatable bonds is 8. The van der Waals surface area contributed by atoms with Gasteiger partial charge in [0.1, 0.15) is 41.7 Å². The zero-order valence-electron chi connectivity index (χ0n) is 21.5. The van der Waals surface area contributed by atoms with Crippen LogP contribution in [0.4, 0.5) is 5.82 Å². The first-order valence-corrected chi connectivity index (χ1v) is 12.4. The Balaban J connectivity index is 1.30. The van der Waals surface area contributed by atoms with E-state index in [-0.39, 0.29) is 12.7 Å². The lowest BCUT2D eigenvalue weighted by atomic mass is 10.1. The van der Waals surface area contributed by atoms with Gasteiger partial charge in [-0.2, -0.15) is 5.26 Å². The number of nitrogens with zero attached hydrogens (tertiary/aromatic N) is 7. The summed E-state index contributed by atoms with van der Waals surface area (Å²) < 4.78 is 18.6. The van der Waals surface area contributed by atoms with Crippen LogP contribution >= 0.6 is 0 Å². The SMILES string of the molecule is COc1ccc(OC2CCN(c3ccc(-c4cc(OCC(C)(C)O)cc5ncc(C#N)n45)cn3)CC2)nn1. The van der Waals surface area contributed by atoms with Crippen LogP contribution in [0.1, 0.15) is 32.4 Å². The molecule has 0 amide bonds. The summed E-state index contributed by atoms with van der Waals surface area (Å²) in [4.78, 5) is 11.3. The molecule has 0 aliphatic carbocycles. The second kappa shape index (κ2) is 10.5. The fourth-order valence-corrected chi connectivity index (χ4v) is 4.30. The van der Waals surface area contributed by atoms with Gasteiger partial charge in [0.05, 0.1) is 24.6 Å². The molecule has 0 bridgehead atoms. The van der Waals surface area contributed by atoms with Gasteiger partial charge in [-0.15, -0.1) is 10.2 Å². The van der Waals surface area contributed by atoms with Crippen LogP contribution in [0.15, 0.2) is 48.8 Å². The van der Waals surface area contributed by atoms with Crippen LogP contribution in [0.5, 0.6) is 17.5 Å². The maximum absolute atomic E-state index is 10.1. The van der Waals surface area contributed by atoms with Crippen molar-refractivity contribution in [3.05, 3.63) is 54.5 Å². The average molecular weight is 516 g/mol. The van der Waals surface area contributed by atoms with Crippen LogP contribution in [-0.4, -0.2) is 68.2 Å². The molecule has 0 unspecified atom stereocenters. The minimum atomic E-state index is -0.983. The van der Waals surface area contributed by atoms with E-state index in [4.69, 9.17) is 19.2 Å². The molecule has 196 valence electrons. The Bertz CT molecular complexity index is 1430. The number of nitriles is 1. The molecule has 0 spiro atoms. The monoisotopic (exact) mass is 515 g/mol. The fraction of sp³-hybridized carbons (Fsp3) is 0.370. The number of imidazole rings is 1. The predicted molar refractivity (Wildman–Crippen MR) is 139 cm³/mol. The molecule has 0 radical (unpaired) electrons. The van der Waals surface area contributed by atoms with Crippen molar-refractivity contribution in [1.29, 1.82) is 5.26 Å². The van der Waals surface area contributed by atoms with E-state index in [1.807, 2.05) is 18.2 Å². The van der Waals surface area contributed by atoms with Crippen LogP contribution in [0.2, 0.25) is 0 Å². The Morgan fingerprint density at radius 2 is 1.82 bits per heavy atom. The number of hydrogen-bond acceptors (Lipinski definition) is 10. The van der Waals surface area contributed by atoms with Crippen molar-refractivity contribution in [2.24, 2.45) is 0 Å². The molecular weight excluding hydrogens is 486 g/mol. The van der Waals surface area contributed by atoms with E-state index in [1.54, 1.807) is 49.8 Å². The van der Waals surface area contributed by atoms with Crippen LogP contribution in [0.25, 0.3) is 16.9 Å². The number of aliphatic hydroxyl groups is 1. The quantitative estimate of drug-likeness (QED) is 0.373. The third-order valence-corrected chi connectivity index (χ3v) is 6.21. The van der Waals surface area contributed by atoms with Crippen molar-refractivity contribution >= 4 is 11.5 Å². The first-order chi connectivity index (χ1) is 18.3. The lowest BCUT2D eigenvalue weighted by molar-refractivity contribution is 0.0285. The van der Waals surface area contributed by atoms with Crippen molar-refractivity contribution in [2.45, 2.75) is 38.4 Å². The van der Waals surface area contributed by atoms with Gasteiger partial charge in [-0.25, -0.2) is 9.97 Å². The Morgan fingerprint density at radius 1 is 1.05 bits per heavy atom.